The predicted molar refractivity (Wildman–Crippen MR) is 105 cm³/mol. The van der Waals surface area contributed by atoms with Crippen molar-refractivity contribution in [1.29, 1.82) is 0 Å². The molecule has 1 aromatic heterocycles. The minimum Gasteiger partial charge on any atom is -0.377 e. The molecule has 0 bridgehead atoms. The number of carbonyl (C=O) groups is 2. The van der Waals surface area contributed by atoms with Gasteiger partial charge in [-0.15, -0.1) is 0 Å². The van der Waals surface area contributed by atoms with E-state index >= 15 is 0 Å². The fraction of sp³-hybridized carbons (Fsp3) is 0.429. The zero-order valence-electron chi connectivity index (χ0n) is 16.0. The number of benzene rings is 1. The number of aromatic nitrogens is 1. The highest BCUT2D eigenvalue weighted by molar-refractivity contribution is 5.96. The van der Waals surface area contributed by atoms with Gasteiger partial charge in [-0.1, -0.05) is 0 Å². The van der Waals surface area contributed by atoms with Crippen LogP contribution in [0.2, 0.25) is 0 Å². The van der Waals surface area contributed by atoms with Crippen LogP contribution in [-0.4, -0.2) is 60.6 Å². The zero-order valence-corrected chi connectivity index (χ0v) is 16.0. The van der Waals surface area contributed by atoms with Crippen molar-refractivity contribution in [2.45, 2.75) is 25.3 Å². The topological polar surface area (TPSA) is 77.7 Å². The Morgan fingerprint density at radius 2 is 1.97 bits per heavy atom. The predicted octanol–water partition coefficient (Wildman–Crippen LogP) is 2.21. The SMILES string of the molecule is O=C(NC1COC1)c1ccc(N2CCCc3cc(C(=O)N4CCC4)[nH]c32)cc1F. The summed E-state index contributed by atoms with van der Waals surface area (Å²) in [6, 6.07) is 6.53. The summed E-state index contributed by atoms with van der Waals surface area (Å²) in [5, 5.41) is 2.76. The lowest BCUT2D eigenvalue weighted by molar-refractivity contribution is -0.00352. The van der Waals surface area contributed by atoms with E-state index in [0.29, 0.717) is 24.6 Å². The number of nitrogens with zero attached hydrogens (tertiary/aromatic N) is 2. The molecule has 1 aromatic carbocycles. The summed E-state index contributed by atoms with van der Waals surface area (Å²) in [6.45, 7) is 3.25. The van der Waals surface area contributed by atoms with Gasteiger partial charge >= 0.3 is 0 Å². The Hall–Kier alpha value is -2.87. The number of likely N-dealkylation sites (tertiary alicyclic amines) is 1. The van der Waals surface area contributed by atoms with E-state index in [1.54, 1.807) is 6.07 Å². The minimum absolute atomic E-state index is 0.0174. The Kier molecular flexibility index (Phi) is 4.50. The third kappa shape index (κ3) is 3.27. The molecule has 0 saturated carbocycles. The van der Waals surface area contributed by atoms with E-state index in [1.807, 2.05) is 15.9 Å². The van der Waals surface area contributed by atoms with Crippen LogP contribution in [0, 0.1) is 5.82 Å². The summed E-state index contributed by atoms with van der Waals surface area (Å²) in [7, 11) is 0. The number of rotatable bonds is 4. The molecule has 8 heteroatoms. The lowest BCUT2D eigenvalue weighted by Crippen LogP contribution is -2.48. The second-order valence-corrected chi connectivity index (χ2v) is 7.83. The molecule has 0 atom stereocenters. The van der Waals surface area contributed by atoms with Gasteiger partial charge in [0.05, 0.1) is 24.8 Å². The van der Waals surface area contributed by atoms with Crippen LogP contribution in [0.1, 0.15) is 39.3 Å². The molecule has 7 nitrogen and oxygen atoms in total. The van der Waals surface area contributed by atoms with Crippen molar-refractivity contribution in [3.05, 3.63) is 46.9 Å². The Labute approximate surface area is 167 Å². The molecule has 29 heavy (non-hydrogen) atoms. The second kappa shape index (κ2) is 7.18. The number of hydrogen-bond donors (Lipinski definition) is 2. The average Bonchev–Trinajstić information content (AvgIpc) is 3.07. The van der Waals surface area contributed by atoms with Crippen LogP contribution in [0.4, 0.5) is 15.9 Å². The number of aromatic amines is 1. The van der Waals surface area contributed by atoms with E-state index in [1.165, 1.54) is 12.1 Å². The van der Waals surface area contributed by atoms with E-state index < -0.39 is 11.7 Å². The molecule has 3 aliphatic rings. The number of H-pyrrole nitrogens is 1. The van der Waals surface area contributed by atoms with Gasteiger partial charge in [-0.2, -0.15) is 0 Å². The van der Waals surface area contributed by atoms with Crippen LogP contribution in [0.15, 0.2) is 24.3 Å². The van der Waals surface area contributed by atoms with E-state index in [0.717, 1.165) is 50.3 Å². The standard InChI is InChI=1S/C21H23FN4O3/c22-17-10-15(4-5-16(17)20(27)23-14-11-29-12-14)26-8-1-3-13-9-18(24-19(13)26)21(28)25-6-2-7-25/h4-5,9-10,14,24H,1-3,6-8,11-12H2,(H,23,27). The molecule has 2 aromatic rings. The summed E-state index contributed by atoms with van der Waals surface area (Å²) in [5.41, 5.74) is 2.34. The smallest absolute Gasteiger partial charge is 0.270 e. The van der Waals surface area contributed by atoms with Crippen molar-refractivity contribution in [2.24, 2.45) is 0 Å². The molecule has 5 rings (SSSR count). The molecular weight excluding hydrogens is 375 g/mol. The number of ether oxygens (including phenoxy) is 1. The Bertz CT molecular complexity index is 965. The molecule has 2 N–H and O–H groups in total. The van der Waals surface area contributed by atoms with Crippen LogP contribution >= 0.6 is 0 Å². The summed E-state index contributed by atoms with van der Waals surface area (Å²) >= 11 is 0. The van der Waals surface area contributed by atoms with Crippen molar-refractivity contribution >= 4 is 23.3 Å². The van der Waals surface area contributed by atoms with Gasteiger partial charge in [0.1, 0.15) is 17.3 Å². The monoisotopic (exact) mass is 398 g/mol. The quantitative estimate of drug-likeness (QED) is 0.828. The molecule has 0 spiro atoms. The number of anilines is 2. The molecule has 2 amide bonds. The number of amides is 2. The zero-order chi connectivity index (χ0) is 20.0. The largest absolute Gasteiger partial charge is 0.377 e. The van der Waals surface area contributed by atoms with Gasteiger partial charge in [0.15, 0.2) is 0 Å². The molecule has 2 saturated heterocycles. The molecule has 0 radical (unpaired) electrons. The maximum Gasteiger partial charge on any atom is 0.270 e. The minimum atomic E-state index is -0.559. The highest BCUT2D eigenvalue weighted by Gasteiger charge is 2.28. The number of carbonyl (C=O) groups excluding carboxylic acids is 2. The summed E-state index contributed by atoms with van der Waals surface area (Å²) in [6.07, 6.45) is 2.83. The van der Waals surface area contributed by atoms with E-state index in [9.17, 15) is 14.0 Å². The summed E-state index contributed by atoms with van der Waals surface area (Å²) < 4.78 is 19.7. The second-order valence-electron chi connectivity index (χ2n) is 7.83. The van der Waals surface area contributed by atoms with Gasteiger partial charge in [-0.25, -0.2) is 4.39 Å². The first-order chi connectivity index (χ1) is 14.1. The fourth-order valence-corrected chi connectivity index (χ4v) is 3.96. The fourth-order valence-electron chi connectivity index (χ4n) is 3.96. The van der Waals surface area contributed by atoms with E-state index in [4.69, 9.17) is 4.74 Å². The van der Waals surface area contributed by atoms with Gasteiger partial charge < -0.3 is 24.8 Å². The van der Waals surface area contributed by atoms with Gasteiger partial charge in [-0.05, 0) is 49.1 Å². The van der Waals surface area contributed by atoms with Crippen LogP contribution in [-0.2, 0) is 11.2 Å². The average molecular weight is 398 g/mol. The number of fused-ring (bicyclic) bond motifs is 1. The summed E-state index contributed by atoms with van der Waals surface area (Å²) in [4.78, 5) is 31.9. The van der Waals surface area contributed by atoms with Crippen molar-refractivity contribution < 1.29 is 18.7 Å². The Morgan fingerprint density at radius 3 is 2.62 bits per heavy atom. The van der Waals surface area contributed by atoms with E-state index in [-0.39, 0.29) is 17.5 Å². The number of nitrogens with one attached hydrogen (secondary N) is 2. The van der Waals surface area contributed by atoms with Crippen molar-refractivity contribution in [3.63, 3.8) is 0 Å². The highest BCUT2D eigenvalue weighted by atomic mass is 19.1. The first-order valence-electron chi connectivity index (χ1n) is 10.1. The third-order valence-corrected chi connectivity index (χ3v) is 5.83. The molecule has 0 unspecified atom stereocenters. The lowest BCUT2D eigenvalue weighted by atomic mass is 10.1. The molecular formula is C21H23FN4O3. The first-order valence-corrected chi connectivity index (χ1v) is 10.1. The van der Waals surface area contributed by atoms with Crippen molar-refractivity contribution in [1.82, 2.24) is 15.2 Å². The highest BCUT2D eigenvalue weighted by Crippen LogP contribution is 2.34. The Morgan fingerprint density at radius 1 is 1.14 bits per heavy atom. The number of aryl methyl sites for hydroxylation is 1. The van der Waals surface area contributed by atoms with Gasteiger partial charge in [0.2, 0.25) is 0 Å². The maximum atomic E-state index is 14.7. The van der Waals surface area contributed by atoms with Crippen LogP contribution in [0.3, 0.4) is 0 Å². The Balaban J connectivity index is 1.39. The van der Waals surface area contributed by atoms with Crippen LogP contribution in [0.5, 0.6) is 0 Å². The van der Waals surface area contributed by atoms with Crippen molar-refractivity contribution in [2.75, 3.05) is 37.7 Å². The van der Waals surface area contributed by atoms with Gasteiger partial charge in [0.25, 0.3) is 11.8 Å². The molecule has 3 aliphatic heterocycles. The van der Waals surface area contributed by atoms with Gasteiger partial charge in [-0.3, -0.25) is 9.59 Å². The summed E-state index contributed by atoms with van der Waals surface area (Å²) in [5.74, 6) is -0.132. The first kappa shape index (κ1) is 18.2. The van der Waals surface area contributed by atoms with Gasteiger partial charge in [0, 0.05) is 25.3 Å². The molecule has 2 fully saturated rings. The van der Waals surface area contributed by atoms with Crippen molar-refractivity contribution in [3.8, 4) is 0 Å². The normalized spacial score (nSPS) is 18.7. The number of hydrogen-bond acceptors (Lipinski definition) is 4. The third-order valence-electron chi connectivity index (χ3n) is 5.83. The maximum absolute atomic E-state index is 14.7. The molecule has 152 valence electrons. The molecule has 4 heterocycles. The van der Waals surface area contributed by atoms with Crippen LogP contribution in [0.25, 0.3) is 0 Å². The number of halogens is 1. The lowest BCUT2D eigenvalue weighted by Gasteiger charge is -2.30. The van der Waals surface area contributed by atoms with E-state index in [2.05, 4.69) is 10.3 Å². The molecule has 0 aliphatic carbocycles. The van der Waals surface area contributed by atoms with Crippen LogP contribution < -0.4 is 10.2 Å².